The van der Waals surface area contributed by atoms with Gasteiger partial charge in [0.05, 0.1) is 5.56 Å². The molecule has 8 heteroatoms. The Balaban J connectivity index is 2.48. The molecular formula is C13H12F3NO2S2. The smallest absolute Gasteiger partial charge is 0.329 e. The van der Waals surface area contributed by atoms with E-state index in [2.05, 4.69) is 0 Å². The van der Waals surface area contributed by atoms with E-state index >= 15 is 0 Å². The first-order chi connectivity index (χ1) is 9.76. The van der Waals surface area contributed by atoms with Gasteiger partial charge in [0.2, 0.25) is 0 Å². The molecule has 0 amide bonds. The first-order valence-electron chi connectivity index (χ1n) is 5.91. The number of sulfone groups is 1. The van der Waals surface area contributed by atoms with Crippen LogP contribution in [0.15, 0.2) is 46.0 Å². The minimum atomic E-state index is -4.53. The summed E-state index contributed by atoms with van der Waals surface area (Å²) in [5, 5.41) is 0.394. The second kappa shape index (κ2) is 5.78. The molecule has 0 spiro atoms. The number of hydrogen-bond acceptors (Lipinski definition) is 4. The molecule has 0 aliphatic rings. The van der Waals surface area contributed by atoms with E-state index < -0.39 is 26.8 Å². The quantitative estimate of drug-likeness (QED) is 0.933. The van der Waals surface area contributed by atoms with Crippen LogP contribution in [0.25, 0.3) is 0 Å². The van der Waals surface area contributed by atoms with Crippen molar-refractivity contribution in [1.82, 2.24) is 0 Å². The van der Waals surface area contributed by atoms with Crippen molar-refractivity contribution >= 4 is 21.2 Å². The van der Waals surface area contributed by atoms with Gasteiger partial charge in [0.15, 0.2) is 9.84 Å². The first-order valence-corrected chi connectivity index (χ1v) is 8.34. The summed E-state index contributed by atoms with van der Waals surface area (Å²) in [6, 6.07) is 7.24. The standard InChI is InChI=1S/C13H12F3NO2S2/c14-13(15,16)10-4-1-3-9(7-10)11(8-17)21(18,19)12-5-2-6-20-12/h1-7,11H,8,17H2/t11-/m1/s1. The van der Waals surface area contributed by atoms with Gasteiger partial charge in [0.1, 0.15) is 9.46 Å². The third-order valence-electron chi connectivity index (χ3n) is 2.95. The van der Waals surface area contributed by atoms with Crippen LogP contribution in [-0.4, -0.2) is 15.0 Å². The fraction of sp³-hybridized carbons (Fsp3) is 0.231. The van der Waals surface area contributed by atoms with E-state index in [-0.39, 0.29) is 16.3 Å². The van der Waals surface area contributed by atoms with Crippen molar-refractivity contribution in [3.63, 3.8) is 0 Å². The third kappa shape index (κ3) is 3.28. The largest absolute Gasteiger partial charge is 0.416 e. The van der Waals surface area contributed by atoms with E-state index in [0.717, 1.165) is 23.5 Å². The van der Waals surface area contributed by atoms with Crippen LogP contribution in [0.1, 0.15) is 16.4 Å². The number of nitrogens with two attached hydrogens (primary N) is 1. The lowest BCUT2D eigenvalue weighted by molar-refractivity contribution is -0.137. The van der Waals surface area contributed by atoms with E-state index in [0.29, 0.717) is 0 Å². The molecule has 1 heterocycles. The number of alkyl halides is 3. The summed E-state index contributed by atoms with van der Waals surface area (Å²) < 4.78 is 63.1. The zero-order chi connectivity index (χ0) is 15.7. The molecule has 0 aliphatic carbocycles. The van der Waals surface area contributed by atoms with Gasteiger partial charge in [0, 0.05) is 6.54 Å². The maximum atomic E-state index is 12.7. The molecule has 1 aromatic heterocycles. The van der Waals surface area contributed by atoms with Crippen LogP contribution in [0, 0.1) is 0 Å². The van der Waals surface area contributed by atoms with E-state index in [4.69, 9.17) is 5.73 Å². The number of halogens is 3. The van der Waals surface area contributed by atoms with E-state index in [9.17, 15) is 21.6 Å². The molecule has 1 atom stereocenters. The van der Waals surface area contributed by atoms with Gasteiger partial charge in [-0.2, -0.15) is 13.2 Å². The van der Waals surface area contributed by atoms with Crippen LogP contribution in [0.2, 0.25) is 0 Å². The maximum absolute atomic E-state index is 12.7. The Kier molecular flexibility index (Phi) is 4.40. The lowest BCUT2D eigenvalue weighted by Gasteiger charge is -2.17. The van der Waals surface area contributed by atoms with Gasteiger partial charge >= 0.3 is 6.18 Å². The summed E-state index contributed by atoms with van der Waals surface area (Å²) in [7, 11) is -3.80. The lowest BCUT2D eigenvalue weighted by Crippen LogP contribution is -2.22. The van der Waals surface area contributed by atoms with Gasteiger partial charge in [-0.05, 0) is 23.1 Å². The van der Waals surface area contributed by atoms with Crippen LogP contribution in [0.3, 0.4) is 0 Å². The van der Waals surface area contributed by atoms with Gasteiger partial charge in [-0.15, -0.1) is 11.3 Å². The zero-order valence-corrected chi connectivity index (χ0v) is 12.3. The van der Waals surface area contributed by atoms with E-state index in [1.165, 1.54) is 18.2 Å². The normalized spacial score (nSPS) is 14.1. The highest BCUT2D eigenvalue weighted by Crippen LogP contribution is 2.34. The molecule has 114 valence electrons. The molecule has 0 unspecified atom stereocenters. The first kappa shape index (κ1) is 16.0. The van der Waals surface area contributed by atoms with Crippen LogP contribution >= 0.6 is 11.3 Å². The molecule has 0 fully saturated rings. The van der Waals surface area contributed by atoms with Gasteiger partial charge < -0.3 is 5.73 Å². The molecular weight excluding hydrogens is 323 g/mol. The predicted molar refractivity (Wildman–Crippen MR) is 74.7 cm³/mol. The topological polar surface area (TPSA) is 60.2 Å². The van der Waals surface area contributed by atoms with E-state index in [1.54, 1.807) is 11.4 Å². The molecule has 1 aromatic carbocycles. The molecule has 0 saturated heterocycles. The summed E-state index contributed by atoms with van der Waals surface area (Å²) in [5.41, 5.74) is 4.65. The molecule has 2 rings (SSSR count). The van der Waals surface area contributed by atoms with Crippen LogP contribution < -0.4 is 5.73 Å². The van der Waals surface area contributed by atoms with Crippen molar-refractivity contribution < 1.29 is 21.6 Å². The van der Waals surface area contributed by atoms with Crippen molar-refractivity contribution in [2.24, 2.45) is 5.73 Å². The summed E-state index contributed by atoms with van der Waals surface area (Å²) in [6.07, 6.45) is -4.53. The Bertz CT molecular complexity index is 709. The molecule has 0 aliphatic heterocycles. The average molecular weight is 335 g/mol. The Morgan fingerprint density at radius 3 is 2.43 bits per heavy atom. The highest BCUT2D eigenvalue weighted by Gasteiger charge is 2.33. The maximum Gasteiger partial charge on any atom is 0.416 e. The molecule has 0 radical (unpaired) electrons. The Morgan fingerprint density at radius 2 is 1.90 bits per heavy atom. The molecule has 2 aromatic rings. The van der Waals surface area contributed by atoms with Crippen molar-refractivity contribution in [3.05, 3.63) is 52.9 Å². The van der Waals surface area contributed by atoms with Crippen LogP contribution in [0.4, 0.5) is 13.2 Å². The van der Waals surface area contributed by atoms with Gasteiger partial charge in [-0.25, -0.2) is 8.42 Å². The van der Waals surface area contributed by atoms with Crippen LogP contribution in [-0.2, 0) is 16.0 Å². The summed E-state index contributed by atoms with van der Waals surface area (Å²) in [6.45, 7) is -0.290. The summed E-state index contributed by atoms with van der Waals surface area (Å²) >= 11 is 1.01. The van der Waals surface area contributed by atoms with Gasteiger partial charge in [-0.1, -0.05) is 24.3 Å². The average Bonchev–Trinajstić information content (AvgIpc) is 2.93. The van der Waals surface area contributed by atoms with Crippen LogP contribution in [0.5, 0.6) is 0 Å². The Labute approximate surface area is 124 Å². The second-order valence-electron chi connectivity index (χ2n) is 4.32. The fourth-order valence-electron chi connectivity index (χ4n) is 1.92. The number of hydrogen-bond donors (Lipinski definition) is 1. The van der Waals surface area contributed by atoms with Crippen molar-refractivity contribution in [2.75, 3.05) is 6.54 Å². The second-order valence-corrected chi connectivity index (χ2v) is 7.63. The highest BCUT2D eigenvalue weighted by molar-refractivity contribution is 7.93. The fourth-order valence-corrected chi connectivity index (χ4v) is 4.73. The lowest BCUT2D eigenvalue weighted by atomic mass is 10.1. The third-order valence-corrected chi connectivity index (χ3v) is 6.51. The Hall–Kier alpha value is -1.38. The van der Waals surface area contributed by atoms with Gasteiger partial charge in [-0.3, -0.25) is 0 Å². The molecule has 3 nitrogen and oxygen atoms in total. The van der Waals surface area contributed by atoms with Crippen molar-refractivity contribution in [2.45, 2.75) is 15.6 Å². The minimum absolute atomic E-state index is 0.0423. The SMILES string of the molecule is NC[C@H](c1cccc(C(F)(F)F)c1)S(=O)(=O)c1cccs1. The number of rotatable bonds is 4. The molecule has 2 N–H and O–H groups in total. The van der Waals surface area contributed by atoms with Gasteiger partial charge in [0.25, 0.3) is 0 Å². The minimum Gasteiger partial charge on any atom is -0.329 e. The molecule has 21 heavy (non-hydrogen) atoms. The highest BCUT2D eigenvalue weighted by atomic mass is 32.2. The van der Waals surface area contributed by atoms with Crippen molar-refractivity contribution in [1.29, 1.82) is 0 Å². The monoisotopic (exact) mass is 335 g/mol. The Morgan fingerprint density at radius 1 is 1.19 bits per heavy atom. The molecule has 0 saturated carbocycles. The zero-order valence-electron chi connectivity index (χ0n) is 10.7. The molecule has 0 bridgehead atoms. The summed E-state index contributed by atoms with van der Waals surface area (Å²) in [4.78, 5) is 0. The number of benzene rings is 1. The predicted octanol–water partition coefficient (Wildman–Crippen LogP) is 3.24. The number of thiophene rings is 1. The summed E-state index contributed by atoms with van der Waals surface area (Å²) in [5.74, 6) is 0. The van der Waals surface area contributed by atoms with Crippen molar-refractivity contribution in [3.8, 4) is 0 Å². The van der Waals surface area contributed by atoms with E-state index in [1.807, 2.05) is 0 Å².